The molecule has 62 heavy (non-hydrogen) atoms. The number of benzene rings is 9. The molecule has 0 bridgehead atoms. The zero-order chi connectivity index (χ0) is 39.7. The minimum absolute atomic E-state index is 0.134. The molecule has 0 saturated carbocycles. The van der Waals surface area contributed by atoms with E-state index >= 15 is 0 Å². The van der Waals surface area contributed by atoms with Gasteiger partial charge < -0.3 is 9.13 Å². The first-order valence-corrected chi connectivity index (χ1v) is 24.6. The molecule has 0 fully saturated rings. The number of nitrogens with zero attached hydrogens (tertiary/aromatic N) is 2. The quantitative estimate of drug-likeness (QED) is 0.141. The Balaban J connectivity index is 0.947. The molecule has 8 heteroatoms. The Morgan fingerprint density at radius 1 is 0.323 bits per heavy atom. The number of para-hydroxylation sites is 2. The maximum Gasteiger partial charge on any atom is 0.249 e. The molecule has 0 saturated heterocycles. The van der Waals surface area contributed by atoms with Gasteiger partial charge in [-0.1, -0.05) is 150 Å². The molecule has 0 N–H and O–H groups in total. The Bertz CT molecular complexity index is 4050. The monoisotopic (exact) mass is 852 g/mol. The Morgan fingerprint density at radius 3 is 1.27 bits per heavy atom. The number of rotatable bonds is 0. The molecular formula is C54H26B2N2S4. The van der Waals surface area contributed by atoms with Gasteiger partial charge in [-0.15, -0.1) is 22.7 Å². The van der Waals surface area contributed by atoms with E-state index in [4.69, 9.17) is 0 Å². The zero-order valence-electron chi connectivity index (χ0n) is 32.7. The highest BCUT2D eigenvalue weighted by atomic mass is 32.2. The largest absolute Gasteiger partial charge is 0.309 e. The van der Waals surface area contributed by atoms with Crippen molar-refractivity contribution in [1.29, 1.82) is 0 Å². The van der Waals surface area contributed by atoms with Crippen molar-refractivity contribution in [3.05, 3.63) is 158 Å². The van der Waals surface area contributed by atoms with E-state index in [2.05, 4.69) is 167 Å². The number of fused-ring (bicyclic) bond motifs is 22. The first-order chi connectivity index (χ1) is 30.8. The molecule has 2 nitrogen and oxygen atoms in total. The predicted molar refractivity (Wildman–Crippen MR) is 271 cm³/mol. The Kier molecular flexibility index (Phi) is 5.81. The molecule has 0 amide bonds. The molecule has 4 aliphatic rings. The van der Waals surface area contributed by atoms with E-state index < -0.39 is 0 Å². The molecule has 0 aliphatic carbocycles. The van der Waals surface area contributed by atoms with Crippen LogP contribution in [0, 0.1) is 0 Å². The third-order valence-electron chi connectivity index (χ3n) is 14.6. The smallest absolute Gasteiger partial charge is 0.249 e. The molecule has 9 aromatic carbocycles. The van der Waals surface area contributed by atoms with Gasteiger partial charge in [0.1, 0.15) is 0 Å². The van der Waals surface area contributed by atoms with E-state index in [9.17, 15) is 0 Å². The van der Waals surface area contributed by atoms with Gasteiger partial charge in [-0.3, -0.25) is 0 Å². The van der Waals surface area contributed by atoms with E-state index in [0.29, 0.717) is 0 Å². The van der Waals surface area contributed by atoms with E-state index in [1.165, 1.54) is 148 Å². The van der Waals surface area contributed by atoms with Crippen molar-refractivity contribution in [1.82, 2.24) is 9.13 Å². The van der Waals surface area contributed by atoms with Crippen molar-refractivity contribution in [2.45, 2.75) is 19.6 Å². The van der Waals surface area contributed by atoms with E-state index in [0.717, 1.165) is 0 Å². The lowest BCUT2D eigenvalue weighted by atomic mass is 9.32. The molecule has 17 rings (SSSR count). The maximum absolute atomic E-state index is 2.65. The van der Waals surface area contributed by atoms with Crippen molar-refractivity contribution < 1.29 is 0 Å². The van der Waals surface area contributed by atoms with Crippen LogP contribution in [0.5, 0.6) is 0 Å². The van der Waals surface area contributed by atoms with Gasteiger partial charge >= 0.3 is 0 Å². The fourth-order valence-electron chi connectivity index (χ4n) is 12.3. The average Bonchev–Trinajstić information content (AvgIpc) is 4.07. The van der Waals surface area contributed by atoms with Crippen molar-refractivity contribution in [3.63, 3.8) is 0 Å². The van der Waals surface area contributed by atoms with Gasteiger partial charge in [0.05, 0.1) is 20.4 Å². The van der Waals surface area contributed by atoms with Gasteiger partial charge in [-0.05, 0) is 64.3 Å². The summed E-state index contributed by atoms with van der Waals surface area (Å²) in [5, 5.41) is 10.8. The Hall–Kier alpha value is -6.15. The molecule has 282 valence electrons. The fourth-order valence-corrected chi connectivity index (χ4v) is 17.2. The molecule has 0 spiro atoms. The summed E-state index contributed by atoms with van der Waals surface area (Å²) >= 11 is 7.82. The third kappa shape index (κ3) is 3.69. The van der Waals surface area contributed by atoms with Crippen molar-refractivity contribution >= 4 is 176 Å². The number of aromatic nitrogens is 2. The Labute approximate surface area is 371 Å². The van der Waals surface area contributed by atoms with E-state index in [1.54, 1.807) is 0 Å². The minimum Gasteiger partial charge on any atom is -0.309 e. The van der Waals surface area contributed by atoms with Crippen LogP contribution in [0.3, 0.4) is 0 Å². The van der Waals surface area contributed by atoms with Gasteiger partial charge in [-0.2, -0.15) is 0 Å². The maximum atomic E-state index is 2.65. The van der Waals surface area contributed by atoms with E-state index in [1.807, 2.05) is 46.2 Å². The van der Waals surface area contributed by atoms with Crippen molar-refractivity contribution in [3.8, 4) is 11.4 Å². The van der Waals surface area contributed by atoms with Crippen LogP contribution in [0.4, 0.5) is 0 Å². The molecule has 0 atom stereocenters. The van der Waals surface area contributed by atoms with Crippen molar-refractivity contribution in [2.24, 2.45) is 0 Å². The molecular weight excluding hydrogens is 826 g/mol. The minimum atomic E-state index is 0.134. The lowest BCUT2D eigenvalue weighted by Crippen LogP contribution is -2.62. The molecule has 13 aromatic rings. The summed E-state index contributed by atoms with van der Waals surface area (Å²) in [7, 11) is 0. The zero-order valence-corrected chi connectivity index (χ0v) is 36.0. The van der Waals surface area contributed by atoms with Gasteiger partial charge in [0.2, 0.25) is 13.4 Å². The average molecular weight is 853 g/mol. The van der Waals surface area contributed by atoms with Crippen LogP contribution in [-0.2, 0) is 0 Å². The number of thiophene rings is 2. The molecule has 0 unspecified atom stereocenters. The van der Waals surface area contributed by atoms with Crippen LogP contribution < -0.4 is 32.8 Å². The second kappa shape index (κ2) is 11.1. The van der Waals surface area contributed by atoms with Gasteiger partial charge in [0.25, 0.3) is 0 Å². The van der Waals surface area contributed by atoms with Crippen LogP contribution in [0.2, 0.25) is 0 Å². The predicted octanol–water partition coefficient (Wildman–Crippen LogP) is 11.2. The highest BCUT2D eigenvalue weighted by molar-refractivity contribution is 8.01. The van der Waals surface area contributed by atoms with E-state index in [-0.39, 0.29) is 13.4 Å². The van der Waals surface area contributed by atoms with Crippen molar-refractivity contribution in [2.75, 3.05) is 0 Å². The van der Waals surface area contributed by atoms with Crippen LogP contribution in [0.25, 0.3) is 95.3 Å². The van der Waals surface area contributed by atoms with Gasteiger partial charge in [0, 0.05) is 94.5 Å². The molecule has 8 heterocycles. The first-order valence-electron chi connectivity index (χ1n) is 21.3. The molecule has 4 aromatic heterocycles. The molecule has 0 radical (unpaired) electrons. The van der Waals surface area contributed by atoms with Crippen LogP contribution >= 0.6 is 46.2 Å². The summed E-state index contributed by atoms with van der Waals surface area (Å²) in [6, 6.07) is 60.9. The molecule has 4 aliphatic heterocycles. The SMILES string of the molecule is c1cc2c3c(c1)-n1c4c(cccc4c4ccc5c6ccccc6sc5c41)B3c1cc3c(cc1S2)Sc1cccc2c1B3c1cccc3c4ccc5c6ccccc6sc5c4n-2c13. The Morgan fingerprint density at radius 2 is 0.758 bits per heavy atom. The highest BCUT2D eigenvalue weighted by Gasteiger charge is 2.44. The topological polar surface area (TPSA) is 9.86 Å². The summed E-state index contributed by atoms with van der Waals surface area (Å²) < 4.78 is 10.7. The van der Waals surface area contributed by atoms with Gasteiger partial charge in [0.15, 0.2) is 0 Å². The normalized spacial score (nSPS) is 14.3. The highest BCUT2D eigenvalue weighted by Crippen LogP contribution is 2.47. The first kappa shape index (κ1) is 32.5. The third-order valence-corrected chi connectivity index (χ3v) is 19.3. The number of hydrogen-bond acceptors (Lipinski definition) is 4. The summed E-state index contributed by atoms with van der Waals surface area (Å²) in [6.45, 7) is 0.268. The second-order valence-corrected chi connectivity index (χ2v) is 21.7. The summed E-state index contributed by atoms with van der Waals surface area (Å²) in [5.41, 5.74) is 16.7. The summed E-state index contributed by atoms with van der Waals surface area (Å²) in [4.78, 5) is 5.51. The lowest BCUT2D eigenvalue weighted by Gasteiger charge is -2.36. The van der Waals surface area contributed by atoms with Crippen LogP contribution in [0.1, 0.15) is 0 Å². The number of hydrogen-bond donors (Lipinski definition) is 0. The lowest BCUT2D eigenvalue weighted by molar-refractivity contribution is 1.18. The summed E-state index contributed by atoms with van der Waals surface area (Å²) in [5.74, 6) is 0. The van der Waals surface area contributed by atoms with Crippen LogP contribution in [0.15, 0.2) is 177 Å². The summed E-state index contributed by atoms with van der Waals surface area (Å²) in [6.07, 6.45) is 0. The van der Waals surface area contributed by atoms with Gasteiger partial charge in [-0.25, -0.2) is 0 Å². The standard InChI is InChI=1S/C54H26B2N2S4/c1-3-17-41-27(9-1)33-23-21-31-29-11-5-13-35-49(29)57(51(31)53(33)61-41)39-15-7-19-43-47(39)55(35)37-25-38-46(26-45(37)59-43)60-44-20-8-16-40-48(44)56(38)36-14-6-12-30-32-22-24-34-28-10-2-4-18-42(28)62-54(34)52(32)58(40)50(30)36/h1-26H. The fraction of sp³-hybridized carbons (Fsp3) is 0. The van der Waals surface area contributed by atoms with Crippen LogP contribution in [-0.4, -0.2) is 22.6 Å². The second-order valence-electron chi connectivity index (χ2n) is 17.4.